The minimum atomic E-state index is -0.546. The lowest BCUT2D eigenvalue weighted by atomic mass is 10.3. The van der Waals surface area contributed by atoms with Crippen LogP contribution in [-0.4, -0.2) is 24.9 Å². The van der Waals surface area contributed by atoms with Crippen molar-refractivity contribution in [3.63, 3.8) is 0 Å². The summed E-state index contributed by atoms with van der Waals surface area (Å²) in [5, 5.41) is 10.7. The van der Waals surface area contributed by atoms with Gasteiger partial charge in [-0.25, -0.2) is 0 Å². The Bertz CT molecular complexity index is 391. The first kappa shape index (κ1) is 12.0. The van der Waals surface area contributed by atoms with Crippen molar-refractivity contribution in [2.45, 2.75) is 6.42 Å². The molecule has 16 heavy (non-hydrogen) atoms. The van der Waals surface area contributed by atoms with Crippen molar-refractivity contribution in [1.29, 1.82) is 0 Å². The normalized spacial score (nSPS) is 9.56. The number of rotatable bonds is 6. The van der Waals surface area contributed by atoms with E-state index in [1.54, 1.807) is 0 Å². The molecular formula is C10H11NO5. The summed E-state index contributed by atoms with van der Waals surface area (Å²) in [5.74, 6) is 0.568. The van der Waals surface area contributed by atoms with Crippen LogP contribution in [-0.2, 0) is 4.79 Å². The van der Waals surface area contributed by atoms with Crippen LogP contribution in [0.25, 0.3) is 0 Å². The van der Waals surface area contributed by atoms with E-state index < -0.39 is 4.92 Å². The molecule has 0 aliphatic heterocycles. The molecule has 1 aromatic rings. The fourth-order valence-electron chi connectivity index (χ4n) is 1.10. The highest BCUT2D eigenvalue weighted by atomic mass is 16.6. The third-order valence-corrected chi connectivity index (χ3v) is 1.86. The second kappa shape index (κ2) is 5.69. The fraction of sp³-hybridized carbons (Fsp3) is 0.300. The zero-order chi connectivity index (χ0) is 12.0. The van der Waals surface area contributed by atoms with Crippen LogP contribution in [0.15, 0.2) is 18.2 Å². The van der Waals surface area contributed by atoms with Gasteiger partial charge < -0.3 is 14.3 Å². The van der Waals surface area contributed by atoms with Crippen molar-refractivity contribution in [2.24, 2.45) is 0 Å². The summed E-state index contributed by atoms with van der Waals surface area (Å²) in [7, 11) is 1.45. The number of hydrogen-bond acceptors (Lipinski definition) is 5. The Morgan fingerprint density at radius 3 is 2.81 bits per heavy atom. The molecule has 0 unspecified atom stereocenters. The Balaban J connectivity index is 2.91. The molecule has 0 saturated carbocycles. The van der Waals surface area contributed by atoms with Crippen LogP contribution in [0, 0.1) is 10.1 Å². The van der Waals surface area contributed by atoms with E-state index in [4.69, 9.17) is 9.47 Å². The molecule has 0 bridgehead atoms. The van der Waals surface area contributed by atoms with Gasteiger partial charge in [0.15, 0.2) is 0 Å². The Morgan fingerprint density at radius 2 is 2.25 bits per heavy atom. The molecule has 0 aromatic heterocycles. The van der Waals surface area contributed by atoms with Crippen LogP contribution < -0.4 is 9.47 Å². The quantitative estimate of drug-likeness (QED) is 0.318. The van der Waals surface area contributed by atoms with Crippen molar-refractivity contribution in [3.05, 3.63) is 28.3 Å². The van der Waals surface area contributed by atoms with Gasteiger partial charge in [0.2, 0.25) is 5.75 Å². The highest BCUT2D eigenvalue weighted by molar-refractivity contribution is 5.52. The third kappa shape index (κ3) is 2.94. The lowest BCUT2D eigenvalue weighted by Gasteiger charge is -2.06. The number of nitro benzene ring substituents is 1. The monoisotopic (exact) mass is 225 g/mol. The Labute approximate surface area is 91.9 Å². The predicted molar refractivity (Wildman–Crippen MR) is 55.8 cm³/mol. The highest BCUT2D eigenvalue weighted by Gasteiger charge is 2.15. The first-order valence-electron chi connectivity index (χ1n) is 4.58. The summed E-state index contributed by atoms with van der Waals surface area (Å²) in [6, 6.07) is 4.20. The molecule has 1 rings (SSSR count). The summed E-state index contributed by atoms with van der Waals surface area (Å²) < 4.78 is 10.1. The number of aldehydes is 1. The van der Waals surface area contributed by atoms with Gasteiger partial charge in [0.05, 0.1) is 18.6 Å². The maximum absolute atomic E-state index is 10.7. The van der Waals surface area contributed by atoms with Crippen molar-refractivity contribution in [1.82, 2.24) is 0 Å². The number of ether oxygens (including phenoxy) is 2. The van der Waals surface area contributed by atoms with Gasteiger partial charge in [-0.2, -0.15) is 0 Å². The van der Waals surface area contributed by atoms with Crippen LogP contribution in [0.2, 0.25) is 0 Å². The number of benzene rings is 1. The van der Waals surface area contributed by atoms with Crippen molar-refractivity contribution >= 4 is 12.0 Å². The first-order valence-corrected chi connectivity index (χ1v) is 4.58. The zero-order valence-electron chi connectivity index (χ0n) is 8.71. The van der Waals surface area contributed by atoms with Crippen LogP contribution >= 0.6 is 0 Å². The maximum Gasteiger partial charge on any atom is 0.311 e. The lowest BCUT2D eigenvalue weighted by molar-refractivity contribution is -0.385. The van der Waals surface area contributed by atoms with Crippen LogP contribution in [0.4, 0.5) is 5.69 Å². The molecular weight excluding hydrogens is 214 g/mol. The molecule has 0 radical (unpaired) electrons. The molecule has 6 heteroatoms. The van der Waals surface area contributed by atoms with E-state index in [0.29, 0.717) is 12.0 Å². The minimum Gasteiger partial charge on any atom is -0.497 e. The van der Waals surface area contributed by atoms with E-state index in [2.05, 4.69) is 0 Å². The molecule has 0 heterocycles. The molecule has 0 aliphatic rings. The zero-order valence-corrected chi connectivity index (χ0v) is 8.71. The summed E-state index contributed by atoms with van der Waals surface area (Å²) in [6.07, 6.45) is 0.875. The molecule has 0 aliphatic carbocycles. The smallest absolute Gasteiger partial charge is 0.311 e. The molecule has 0 N–H and O–H groups in total. The first-order chi connectivity index (χ1) is 7.69. The maximum atomic E-state index is 10.7. The van der Waals surface area contributed by atoms with Gasteiger partial charge in [0.25, 0.3) is 0 Å². The van der Waals surface area contributed by atoms with Gasteiger partial charge in [0.1, 0.15) is 12.0 Å². The molecule has 0 amide bonds. The Hall–Kier alpha value is -2.11. The number of carbonyl (C=O) groups excluding carboxylic acids is 1. The third-order valence-electron chi connectivity index (χ3n) is 1.86. The lowest BCUT2D eigenvalue weighted by Crippen LogP contribution is -2.01. The standard InChI is InChI=1S/C10H11NO5/c1-15-8-3-4-9(11(13)14)10(7-8)16-6-2-5-12/h3-5,7H,2,6H2,1H3. The predicted octanol–water partition coefficient (Wildman–Crippen LogP) is 1.57. The molecule has 1 aromatic carbocycles. The van der Waals surface area contributed by atoms with E-state index in [9.17, 15) is 14.9 Å². The van der Waals surface area contributed by atoms with Gasteiger partial charge in [-0.1, -0.05) is 0 Å². The molecule has 6 nitrogen and oxygen atoms in total. The summed E-state index contributed by atoms with van der Waals surface area (Å²) in [5.41, 5.74) is -0.147. The summed E-state index contributed by atoms with van der Waals surface area (Å²) in [4.78, 5) is 20.2. The van der Waals surface area contributed by atoms with Gasteiger partial charge in [-0.3, -0.25) is 10.1 Å². The van der Waals surface area contributed by atoms with Crippen molar-refractivity contribution < 1.29 is 19.2 Å². The van der Waals surface area contributed by atoms with E-state index in [-0.39, 0.29) is 24.5 Å². The number of methoxy groups -OCH3 is 1. The molecule has 86 valence electrons. The second-order valence-electron chi connectivity index (χ2n) is 2.89. The number of hydrogen-bond donors (Lipinski definition) is 0. The fourth-order valence-corrected chi connectivity index (χ4v) is 1.10. The highest BCUT2D eigenvalue weighted by Crippen LogP contribution is 2.30. The van der Waals surface area contributed by atoms with Gasteiger partial charge >= 0.3 is 5.69 Å². The molecule has 0 fully saturated rings. The average Bonchev–Trinajstić information content (AvgIpc) is 2.29. The molecule has 0 atom stereocenters. The topological polar surface area (TPSA) is 78.7 Å². The van der Waals surface area contributed by atoms with E-state index in [0.717, 1.165) is 0 Å². The summed E-state index contributed by atoms with van der Waals surface area (Å²) in [6.45, 7) is 0.109. The average molecular weight is 225 g/mol. The number of nitro groups is 1. The second-order valence-corrected chi connectivity index (χ2v) is 2.89. The Morgan fingerprint density at radius 1 is 1.50 bits per heavy atom. The SMILES string of the molecule is COc1ccc([N+](=O)[O-])c(OCCC=O)c1. The van der Waals surface area contributed by atoms with Crippen LogP contribution in [0.3, 0.4) is 0 Å². The van der Waals surface area contributed by atoms with Crippen molar-refractivity contribution in [3.8, 4) is 11.5 Å². The Kier molecular flexibility index (Phi) is 4.26. The number of carbonyl (C=O) groups is 1. The van der Waals surface area contributed by atoms with Crippen molar-refractivity contribution in [2.75, 3.05) is 13.7 Å². The van der Waals surface area contributed by atoms with E-state index >= 15 is 0 Å². The van der Waals surface area contributed by atoms with Crippen LogP contribution in [0.1, 0.15) is 6.42 Å². The van der Waals surface area contributed by atoms with E-state index in [1.165, 1.54) is 25.3 Å². The molecule has 0 spiro atoms. The largest absolute Gasteiger partial charge is 0.497 e. The van der Waals surface area contributed by atoms with Gasteiger partial charge in [-0.15, -0.1) is 0 Å². The molecule has 0 saturated heterocycles. The summed E-state index contributed by atoms with van der Waals surface area (Å²) >= 11 is 0. The van der Waals surface area contributed by atoms with Gasteiger partial charge in [0, 0.05) is 18.6 Å². The van der Waals surface area contributed by atoms with Crippen LogP contribution in [0.5, 0.6) is 11.5 Å². The minimum absolute atomic E-state index is 0.103. The van der Waals surface area contributed by atoms with E-state index in [1.807, 2.05) is 0 Å². The van der Waals surface area contributed by atoms with Gasteiger partial charge in [-0.05, 0) is 6.07 Å². The number of nitrogens with zero attached hydrogens (tertiary/aromatic N) is 1.